The number of benzene rings is 1. The van der Waals surface area contributed by atoms with Crippen LogP contribution in [-0.2, 0) is 4.79 Å². The summed E-state index contributed by atoms with van der Waals surface area (Å²) >= 11 is 1.76. The van der Waals surface area contributed by atoms with E-state index in [0.29, 0.717) is 6.54 Å². The van der Waals surface area contributed by atoms with Crippen LogP contribution >= 0.6 is 11.8 Å². The van der Waals surface area contributed by atoms with Crippen molar-refractivity contribution in [1.29, 1.82) is 0 Å². The fraction of sp³-hybridized carbons (Fsp3) is 0.500. The van der Waals surface area contributed by atoms with Crippen molar-refractivity contribution in [2.75, 3.05) is 32.6 Å². The molecule has 0 saturated carbocycles. The first-order valence-electron chi connectivity index (χ1n) is 6.24. The molecular formula is C14H21FN2OS. The maximum Gasteiger partial charge on any atom is 0.241 e. The molecule has 0 aromatic heterocycles. The third-order valence-corrected chi connectivity index (χ3v) is 3.47. The number of nitrogens with one attached hydrogen (secondary N) is 1. The summed E-state index contributed by atoms with van der Waals surface area (Å²) in [6.07, 6.45) is 3.00. The van der Waals surface area contributed by atoms with Crippen molar-refractivity contribution >= 4 is 17.7 Å². The smallest absolute Gasteiger partial charge is 0.241 e. The summed E-state index contributed by atoms with van der Waals surface area (Å²) in [7, 11) is 3.69. The SMILES string of the molecule is CSCCCNC(=O)[C@@H](c1ccc(F)cc1)N(C)C. The fourth-order valence-electron chi connectivity index (χ4n) is 1.85. The van der Waals surface area contributed by atoms with E-state index in [4.69, 9.17) is 0 Å². The lowest BCUT2D eigenvalue weighted by Crippen LogP contribution is -2.37. The van der Waals surface area contributed by atoms with Gasteiger partial charge in [-0.25, -0.2) is 4.39 Å². The van der Waals surface area contributed by atoms with Crippen LogP contribution in [0.1, 0.15) is 18.0 Å². The average Bonchev–Trinajstić information content (AvgIpc) is 2.37. The van der Waals surface area contributed by atoms with Crippen molar-refractivity contribution in [3.63, 3.8) is 0 Å². The summed E-state index contributed by atoms with van der Waals surface area (Å²) in [5.74, 6) is 0.697. The predicted molar refractivity (Wildman–Crippen MR) is 78.8 cm³/mol. The molecule has 5 heteroatoms. The summed E-state index contributed by atoms with van der Waals surface area (Å²) in [6, 6.07) is 5.69. The first-order chi connectivity index (χ1) is 9.06. The Labute approximate surface area is 118 Å². The number of carbonyl (C=O) groups excluding carboxylic acids is 1. The summed E-state index contributed by atoms with van der Waals surface area (Å²) in [4.78, 5) is 14.0. The Balaban J connectivity index is 2.66. The van der Waals surface area contributed by atoms with Gasteiger partial charge in [-0.05, 0) is 50.2 Å². The summed E-state index contributed by atoms with van der Waals surface area (Å²) in [5, 5.41) is 2.92. The number of rotatable bonds is 7. The van der Waals surface area contributed by atoms with Crippen LogP contribution in [0.15, 0.2) is 24.3 Å². The van der Waals surface area contributed by atoms with Crippen LogP contribution in [0.5, 0.6) is 0 Å². The average molecular weight is 284 g/mol. The fourth-order valence-corrected chi connectivity index (χ4v) is 2.29. The second-order valence-corrected chi connectivity index (χ2v) is 5.54. The third-order valence-electron chi connectivity index (χ3n) is 2.77. The molecule has 1 N–H and O–H groups in total. The second-order valence-electron chi connectivity index (χ2n) is 4.56. The number of likely N-dealkylation sites (N-methyl/N-ethyl adjacent to an activating group) is 1. The number of nitrogens with zero attached hydrogens (tertiary/aromatic N) is 1. The number of halogens is 1. The molecule has 0 radical (unpaired) electrons. The van der Waals surface area contributed by atoms with E-state index in [1.807, 2.05) is 25.3 Å². The van der Waals surface area contributed by atoms with E-state index < -0.39 is 0 Å². The lowest BCUT2D eigenvalue weighted by atomic mass is 10.1. The second kappa shape index (κ2) is 8.17. The number of amides is 1. The largest absolute Gasteiger partial charge is 0.354 e. The van der Waals surface area contributed by atoms with Crippen molar-refractivity contribution in [2.45, 2.75) is 12.5 Å². The summed E-state index contributed by atoms with van der Waals surface area (Å²) < 4.78 is 12.9. The number of hydrogen-bond acceptors (Lipinski definition) is 3. The molecule has 3 nitrogen and oxygen atoms in total. The lowest BCUT2D eigenvalue weighted by molar-refractivity contribution is -0.125. The Kier molecular flexibility index (Phi) is 6.87. The van der Waals surface area contributed by atoms with Crippen LogP contribution in [0, 0.1) is 5.82 Å². The molecule has 0 heterocycles. The Morgan fingerprint density at radius 1 is 1.37 bits per heavy atom. The molecule has 0 aliphatic heterocycles. The molecule has 0 fully saturated rings. The van der Waals surface area contributed by atoms with Crippen molar-refractivity contribution in [3.05, 3.63) is 35.6 Å². The number of thioether (sulfide) groups is 1. The van der Waals surface area contributed by atoms with Crippen LogP contribution in [0.3, 0.4) is 0 Å². The Morgan fingerprint density at radius 3 is 2.53 bits per heavy atom. The number of hydrogen-bond donors (Lipinski definition) is 1. The minimum absolute atomic E-state index is 0.0438. The first-order valence-corrected chi connectivity index (χ1v) is 7.64. The standard InChI is InChI=1S/C14H21FN2OS/c1-17(2)13(11-5-7-12(15)8-6-11)14(18)16-9-4-10-19-3/h5-8,13H,4,9-10H2,1-3H3,(H,16,18)/t13-/m1/s1. The molecule has 0 saturated heterocycles. The zero-order chi connectivity index (χ0) is 14.3. The zero-order valence-corrected chi connectivity index (χ0v) is 12.5. The van der Waals surface area contributed by atoms with E-state index in [-0.39, 0.29) is 17.8 Å². The van der Waals surface area contributed by atoms with Gasteiger partial charge in [-0.1, -0.05) is 12.1 Å². The quantitative estimate of drug-likeness (QED) is 0.780. The highest BCUT2D eigenvalue weighted by Gasteiger charge is 2.22. The van der Waals surface area contributed by atoms with Gasteiger partial charge in [-0.3, -0.25) is 9.69 Å². The van der Waals surface area contributed by atoms with E-state index in [9.17, 15) is 9.18 Å². The van der Waals surface area contributed by atoms with Gasteiger partial charge < -0.3 is 5.32 Å². The van der Waals surface area contributed by atoms with Crippen molar-refractivity contribution < 1.29 is 9.18 Å². The van der Waals surface area contributed by atoms with Gasteiger partial charge in [0.05, 0.1) is 0 Å². The van der Waals surface area contributed by atoms with Crippen LogP contribution in [0.2, 0.25) is 0 Å². The van der Waals surface area contributed by atoms with Gasteiger partial charge in [0.2, 0.25) is 5.91 Å². The monoisotopic (exact) mass is 284 g/mol. The molecule has 1 amide bonds. The molecule has 1 atom stereocenters. The Hall–Kier alpha value is -1.07. The van der Waals surface area contributed by atoms with Gasteiger partial charge in [-0.2, -0.15) is 11.8 Å². The van der Waals surface area contributed by atoms with Gasteiger partial charge in [0, 0.05) is 6.54 Å². The van der Waals surface area contributed by atoms with Gasteiger partial charge in [-0.15, -0.1) is 0 Å². The summed E-state index contributed by atoms with van der Waals surface area (Å²) in [6.45, 7) is 0.672. The third kappa shape index (κ3) is 5.20. The molecule has 1 aromatic carbocycles. The first kappa shape index (κ1) is 16.0. The van der Waals surface area contributed by atoms with E-state index in [1.54, 1.807) is 23.9 Å². The zero-order valence-electron chi connectivity index (χ0n) is 11.6. The van der Waals surface area contributed by atoms with Gasteiger partial charge in [0.15, 0.2) is 0 Å². The molecule has 0 unspecified atom stereocenters. The molecule has 106 valence electrons. The van der Waals surface area contributed by atoms with Gasteiger partial charge >= 0.3 is 0 Å². The lowest BCUT2D eigenvalue weighted by Gasteiger charge is -2.23. The molecule has 0 spiro atoms. The van der Waals surface area contributed by atoms with Gasteiger partial charge in [0.1, 0.15) is 11.9 Å². The van der Waals surface area contributed by atoms with E-state index >= 15 is 0 Å². The Morgan fingerprint density at radius 2 is 2.00 bits per heavy atom. The molecule has 19 heavy (non-hydrogen) atoms. The normalized spacial score (nSPS) is 12.5. The molecule has 0 aliphatic rings. The molecule has 1 rings (SSSR count). The molecule has 0 bridgehead atoms. The van der Waals surface area contributed by atoms with Crippen LogP contribution < -0.4 is 5.32 Å². The topological polar surface area (TPSA) is 32.3 Å². The highest BCUT2D eigenvalue weighted by atomic mass is 32.2. The van der Waals surface area contributed by atoms with E-state index in [1.165, 1.54) is 12.1 Å². The minimum Gasteiger partial charge on any atom is -0.354 e. The maximum absolute atomic E-state index is 12.9. The molecular weight excluding hydrogens is 263 g/mol. The van der Waals surface area contributed by atoms with Crippen LogP contribution in [-0.4, -0.2) is 43.5 Å². The number of carbonyl (C=O) groups is 1. The molecule has 1 aromatic rings. The van der Waals surface area contributed by atoms with Crippen molar-refractivity contribution in [3.8, 4) is 0 Å². The van der Waals surface area contributed by atoms with E-state index in [2.05, 4.69) is 5.32 Å². The molecule has 0 aliphatic carbocycles. The van der Waals surface area contributed by atoms with Crippen LogP contribution in [0.4, 0.5) is 4.39 Å². The Bertz CT molecular complexity index is 395. The summed E-state index contributed by atoms with van der Waals surface area (Å²) in [5.41, 5.74) is 0.800. The maximum atomic E-state index is 12.9. The van der Waals surface area contributed by atoms with E-state index in [0.717, 1.165) is 17.7 Å². The highest BCUT2D eigenvalue weighted by Crippen LogP contribution is 2.18. The van der Waals surface area contributed by atoms with Crippen molar-refractivity contribution in [2.24, 2.45) is 0 Å². The van der Waals surface area contributed by atoms with Crippen molar-refractivity contribution in [1.82, 2.24) is 10.2 Å². The predicted octanol–water partition coefficient (Wildman–Crippen LogP) is 2.30. The highest BCUT2D eigenvalue weighted by molar-refractivity contribution is 7.98. The minimum atomic E-state index is -0.380. The van der Waals surface area contributed by atoms with Crippen LogP contribution in [0.25, 0.3) is 0 Å². The van der Waals surface area contributed by atoms with Gasteiger partial charge in [0.25, 0.3) is 0 Å².